The van der Waals surface area contributed by atoms with Crippen LogP contribution in [0.4, 0.5) is 0 Å². The van der Waals surface area contributed by atoms with E-state index in [4.69, 9.17) is 4.42 Å². The van der Waals surface area contributed by atoms with Gasteiger partial charge in [-0.25, -0.2) is 0 Å². The number of allylic oxidation sites excluding steroid dienone is 4. The van der Waals surface area contributed by atoms with Crippen LogP contribution in [0.3, 0.4) is 0 Å². The molecule has 1 aromatic heterocycles. The van der Waals surface area contributed by atoms with Crippen LogP contribution in [-0.2, 0) is 0 Å². The molecule has 0 amide bonds. The summed E-state index contributed by atoms with van der Waals surface area (Å²) in [6.07, 6.45) is 9.39. The van der Waals surface area contributed by atoms with Crippen molar-refractivity contribution in [1.82, 2.24) is 0 Å². The molecule has 1 aliphatic rings. The van der Waals surface area contributed by atoms with Gasteiger partial charge in [-0.05, 0) is 25.5 Å². The van der Waals surface area contributed by atoms with Crippen molar-refractivity contribution in [2.24, 2.45) is 0 Å². The first-order chi connectivity index (χ1) is 5.86. The number of hydrogen-bond acceptors (Lipinski definition) is 1. The van der Waals surface area contributed by atoms with E-state index in [1.54, 1.807) is 6.26 Å². The molecule has 1 aliphatic carbocycles. The fourth-order valence-electron chi connectivity index (χ4n) is 1.44. The van der Waals surface area contributed by atoms with Gasteiger partial charge >= 0.3 is 0 Å². The van der Waals surface area contributed by atoms with Crippen molar-refractivity contribution in [3.63, 3.8) is 0 Å². The van der Waals surface area contributed by atoms with E-state index in [9.17, 15) is 0 Å². The summed E-state index contributed by atoms with van der Waals surface area (Å²) >= 11 is 0. The highest BCUT2D eigenvalue weighted by molar-refractivity contribution is 5.27. The largest absolute Gasteiger partial charge is 0.469 e. The van der Waals surface area contributed by atoms with Gasteiger partial charge in [0.1, 0.15) is 5.76 Å². The van der Waals surface area contributed by atoms with Crippen LogP contribution in [0.15, 0.2) is 46.6 Å². The molecule has 0 aliphatic heterocycles. The van der Waals surface area contributed by atoms with Gasteiger partial charge in [0.05, 0.1) is 6.26 Å². The van der Waals surface area contributed by atoms with E-state index in [1.807, 2.05) is 12.1 Å². The second kappa shape index (κ2) is 3.02. The van der Waals surface area contributed by atoms with E-state index in [0.717, 1.165) is 12.2 Å². The molecule has 2 rings (SSSR count). The van der Waals surface area contributed by atoms with Crippen LogP contribution in [0, 0.1) is 0 Å². The third-order valence-corrected chi connectivity index (χ3v) is 2.19. The highest BCUT2D eigenvalue weighted by Gasteiger charge is 2.11. The zero-order chi connectivity index (χ0) is 8.39. The summed E-state index contributed by atoms with van der Waals surface area (Å²) in [5, 5.41) is 0. The van der Waals surface area contributed by atoms with E-state index in [0.29, 0.717) is 5.92 Å². The average Bonchev–Trinajstić information content (AvgIpc) is 2.58. The molecule has 1 heterocycles. The van der Waals surface area contributed by atoms with Crippen molar-refractivity contribution >= 4 is 0 Å². The molecule has 1 aromatic rings. The highest BCUT2D eigenvalue weighted by Crippen LogP contribution is 2.26. The van der Waals surface area contributed by atoms with Crippen LogP contribution < -0.4 is 0 Å². The minimum Gasteiger partial charge on any atom is -0.469 e. The summed E-state index contributed by atoms with van der Waals surface area (Å²) in [5.41, 5.74) is 1.35. The van der Waals surface area contributed by atoms with Crippen molar-refractivity contribution in [3.8, 4) is 0 Å². The van der Waals surface area contributed by atoms with Crippen LogP contribution >= 0.6 is 0 Å². The van der Waals surface area contributed by atoms with Gasteiger partial charge in [-0.3, -0.25) is 0 Å². The SMILES string of the molecule is CC1=CCC(c2ccco2)C=C1. The zero-order valence-electron chi connectivity index (χ0n) is 7.16. The predicted octanol–water partition coefficient (Wildman–Crippen LogP) is 3.27. The third kappa shape index (κ3) is 1.35. The highest BCUT2D eigenvalue weighted by atomic mass is 16.3. The van der Waals surface area contributed by atoms with Gasteiger partial charge < -0.3 is 4.42 Å². The van der Waals surface area contributed by atoms with Crippen LogP contribution in [0.5, 0.6) is 0 Å². The summed E-state index contributed by atoms with van der Waals surface area (Å²) < 4.78 is 5.33. The van der Waals surface area contributed by atoms with Crippen LogP contribution in [0.25, 0.3) is 0 Å². The first kappa shape index (κ1) is 7.41. The monoisotopic (exact) mass is 160 g/mol. The molecular formula is C11H12O. The van der Waals surface area contributed by atoms with Gasteiger partial charge in [0, 0.05) is 5.92 Å². The summed E-state index contributed by atoms with van der Waals surface area (Å²) in [4.78, 5) is 0. The van der Waals surface area contributed by atoms with E-state index in [2.05, 4.69) is 25.2 Å². The molecule has 0 aromatic carbocycles. The van der Waals surface area contributed by atoms with Crippen molar-refractivity contribution in [1.29, 1.82) is 0 Å². The molecule has 12 heavy (non-hydrogen) atoms. The van der Waals surface area contributed by atoms with Gasteiger partial charge in [-0.2, -0.15) is 0 Å². The Bertz CT molecular complexity index is 304. The normalized spacial score (nSPS) is 22.4. The van der Waals surface area contributed by atoms with E-state index >= 15 is 0 Å². The molecule has 0 N–H and O–H groups in total. The lowest BCUT2D eigenvalue weighted by molar-refractivity contribution is 0.489. The average molecular weight is 160 g/mol. The molecule has 0 saturated heterocycles. The van der Waals surface area contributed by atoms with Gasteiger partial charge in [0.2, 0.25) is 0 Å². The number of hydrogen-bond donors (Lipinski definition) is 0. The van der Waals surface area contributed by atoms with Crippen molar-refractivity contribution in [2.75, 3.05) is 0 Å². The lowest BCUT2D eigenvalue weighted by atomic mass is 9.95. The lowest BCUT2D eigenvalue weighted by Crippen LogP contribution is -1.95. The van der Waals surface area contributed by atoms with Gasteiger partial charge in [-0.15, -0.1) is 0 Å². The van der Waals surface area contributed by atoms with Gasteiger partial charge in [0.25, 0.3) is 0 Å². The predicted molar refractivity (Wildman–Crippen MR) is 49.0 cm³/mol. The summed E-state index contributed by atoms with van der Waals surface area (Å²) in [6.45, 7) is 2.12. The molecule has 0 bridgehead atoms. The Morgan fingerprint density at radius 1 is 1.50 bits per heavy atom. The minimum absolute atomic E-state index is 0.448. The summed E-state index contributed by atoms with van der Waals surface area (Å²) in [6, 6.07) is 3.97. The van der Waals surface area contributed by atoms with Gasteiger partial charge in [-0.1, -0.05) is 23.8 Å². The lowest BCUT2D eigenvalue weighted by Gasteiger charge is -2.11. The molecule has 1 nitrogen and oxygen atoms in total. The minimum atomic E-state index is 0.448. The molecule has 0 radical (unpaired) electrons. The first-order valence-electron chi connectivity index (χ1n) is 4.24. The van der Waals surface area contributed by atoms with Crippen molar-refractivity contribution < 1.29 is 4.42 Å². The Hall–Kier alpha value is -1.24. The van der Waals surface area contributed by atoms with E-state index in [1.165, 1.54) is 5.57 Å². The Balaban J connectivity index is 2.15. The Morgan fingerprint density at radius 2 is 2.42 bits per heavy atom. The second-order valence-corrected chi connectivity index (χ2v) is 3.16. The fourth-order valence-corrected chi connectivity index (χ4v) is 1.44. The maximum atomic E-state index is 5.33. The maximum absolute atomic E-state index is 5.33. The van der Waals surface area contributed by atoms with Crippen molar-refractivity contribution in [3.05, 3.63) is 48.0 Å². The summed E-state index contributed by atoms with van der Waals surface area (Å²) in [5.74, 6) is 1.51. The number of furan rings is 1. The zero-order valence-corrected chi connectivity index (χ0v) is 7.16. The quantitative estimate of drug-likeness (QED) is 0.614. The molecular weight excluding hydrogens is 148 g/mol. The Morgan fingerprint density at radius 3 is 3.00 bits per heavy atom. The Labute approximate surface area is 72.4 Å². The van der Waals surface area contributed by atoms with Crippen LogP contribution in [0.1, 0.15) is 25.0 Å². The smallest absolute Gasteiger partial charge is 0.110 e. The molecule has 0 spiro atoms. The maximum Gasteiger partial charge on any atom is 0.110 e. The number of rotatable bonds is 1. The summed E-state index contributed by atoms with van der Waals surface area (Å²) in [7, 11) is 0. The first-order valence-corrected chi connectivity index (χ1v) is 4.24. The molecule has 62 valence electrons. The topological polar surface area (TPSA) is 13.1 Å². The Kier molecular flexibility index (Phi) is 1.86. The molecule has 1 heteroatoms. The second-order valence-electron chi connectivity index (χ2n) is 3.16. The van der Waals surface area contributed by atoms with Crippen LogP contribution in [0.2, 0.25) is 0 Å². The van der Waals surface area contributed by atoms with Crippen molar-refractivity contribution in [2.45, 2.75) is 19.3 Å². The van der Waals surface area contributed by atoms with E-state index in [-0.39, 0.29) is 0 Å². The van der Waals surface area contributed by atoms with Gasteiger partial charge in [0.15, 0.2) is 0 Å². The molecule has 1 unspecified atom stereocenters. The fraction of sp³-hybridized carbons (Fsp3) is 0.273. The third-order valence-electron chi connectivity index (χ3n) is 2.19. The van der Waals surface area contributed by atoms with Crippen LogP contribution in [-0.4, -0.2) is 0 Å². The van der Waals surface area contributed by atoms with E-state index < -0.39 is 0 Å². The molecule has 0 fully saturated rings. The molecule has 1 atom stereocenters. The standard InChI is InChI=1S/C11H12O/c1-9-4-6-10(7-5-9)11-3-2-8-12-11/h2-6,8,10H,7H2,1H3. The molecule has 0 saturated carbocycles.